The first kappa shape index (κ1) is 22.7. The molecule has 0 aliphatic carbocycles. The molecule has 0 saturated carbocycles. The van der Waals surface area contributed by atoms with Crippen LogP contribution in [0.1, 0.15) is 43.6 Å². The van der Waals surface area contributed by atoms with Gasteiger partial charge in [-0.3, -0.25) is 9.59 Å². The van der Waals surface area contributed by atoms with Crippen LogP contribution in [0.15, 0.2) is 48.7 Å². The molecular formula is C24H32N4O3. The number of nitrogens with zero attached hydrogens (tertiary/aromatic N) is 2. The number of anilines is 1. The number of pyridine rings is 1. The maximum Gasteiger partial charge on any atom is 0.251 e. The number of ether oxygens (including phenoxy) is 1. The second-order valence-electron chi connectivity index (χ2n) is 8.47. The van der Waals surface area contributed by atoms with E-state index in [9.17, 15) is 9.59 Å². The summed E-state index contributed by atoms with van der Waals surface area (Å²) in [7, 11) is 0. The monoisotopic (exact) mass is 424 g/mol. The van der Waals surface area contributed by atoms with Crippen molar-refractivity contribution in [3.05, 3.63) is 59.8 Å². The Morgan fingerprint density at radius 2 is 1.77 bits per heavy atom. The summed E-state index contributed by atoms with van der Waals surface area (Å²) in [4.78, 5) is 32.0. The Hall–Kier alpha value is -2.93. The zero-order chi connectivity index (χ0) is 22.4. The smallest absolute Gasteiger partial charge is 0.251 e. The third kappa shape index (κ3) is 6.28. The Bertz CT molecular complexity index is 860. The molecule has 2 N–H and O–H groups in total. The molecule has 7 nitrogen and oxygen atoms in total. The van der Waals surface area contributed by atoms with Crippen LogP contribution in [0.25, 0.3) is 0 Å². The molecule has 1 aromatic heterocycles. The molecule has 3 rings (SSSR count). The zero-order valence-electron chi connectivity index (χ0n) is 18.7. The molecule has 0 radical (unpaired) electrons. The van der Waals surface area contributed by atoms with Crippen molar-refractivity contribution in [3.8, 4) is 0 Å². The third-order valence-electron chi connectivity index (χ3n) is 5.29. The summed E-state index contributed by atoms with van der Waals surface area (Å²) < 4.78 is 5.78. The van der Waals surface area contributed by atoms with E-state index in [0.29, 0.717) is 12.1 Å². The van der Waals surface area contributed by atoms with Gasteiger partial charge in [-0.05, 0) is 43.5 Å². The van der Waals surface area contributed by atoms with E-state index < -0.39 is 6.04 Å². The molecule has 1 saturated heterocycles. The fourth-order valence-corrected chi connectivity index (χ4v) is 3.72. The number of amides is 2. The van der Waals surface area contributed by atoms with Gasteiger partial charge in [-0.1, -0.05) is 38.1 Å². The van der Waals surface area contributed by atoms with E-state index in [1.165, 1.54) is 0 Å². The molecule has 1 aromatic carbocycles. The number of hydrogen-bond donors (Lipinski definition) is 2. The van der Waals surface area contributed by atoms with Crippen LogP contribution in [-0.2, 0) is 16.1 Å². The molecule has 0 unspecified atom stereocenters. The lowest BCUT2D eigenvalue weighted by molar-refractivity contribution is -0.124. The molecular weight excluding hydrogens is 392 g/mol. The van der Waals surface area contributed by atoms with E-state index in [1.54, 1.807) is 30.5 Å². The standard InChI is InChI=1S/C24H32N4O3/c1-16(2)22(27-23(29)20-8-6-5-7-9-20)24(30)26-13-19-10-11-21(25-12-19)28-14-17(3)31-18(4)15-28/h5-12,16-18,22H,13-15H2,1-4H3,(H,26,30)(H,27,29)/t17-,18-,22+/m1/s1. The van der Waals surface area contributed by atoms with Gasteiger partial charge in [-0.2, -0.15) is 0 Å². The molecule has 1 aliphatic rings. The van der Waals surface area contributed by atoms with Crippen LogP contribution in [0, 0.1) is 5.92 Å². The number of hydrogen-bond acceptors (Lipinski definition) is 5. The average molecular weight is 425 g/mol. The number of carbonyl (C=O) groups excluding carboxylic acids is 2. The molecule has 1 aliphatic heterocycles. The highest BCUT2D eigenvalue weighted by atomic mass is 16.5. The lowest BCUT2D eigenvalue weighted by atomic mass is 10.0. The fourth-order valence-electron chi connectivity index (χ4n) is 3.72. The maximum absolute atomic E-state index is 12.7. The van der Waals surface area contributed by atoms with Gasteiger partial charge >= 0.3 is 0 Å². The largest absolute Gasteiger partial charge is 0.372 e. The van der Waals surface area contributed by atoms with Crippen molar-refractivity contribution < 1.29 is 14.3 Å². The van der Waals surface area contributed by atoms with Crippen molar-refractivity contribution >= 4 is 17.6 Å². The Morgan fingerprint density at radius 1 is 1.10 bits per heavy atom. The van der Waals surface area contributed by atoms with Crippen molar-refractivity contribution in [1.82, 2.24) is 15.6 Å². The summed E-state index contributed by atoms with van der Waals surface area (Å²) in [5.41, 5.74) is 1.44. The van der Waals surface area contributed by atoms with Gasteiger partial charge in [0.1, 0.15) is 11.9 Å². The maximum atomic E-state index is 12.7. The van der Waals surface area contributed by atoms with Crippen LogP contribution >= 0.6 is 0 Å². The summed E-state index contributed by atoms with van der Waals surface area (Å²) in [6.45, 7) is 9.93. The minimum atomic E-state index is -0.615. The minimum absolute atomic E-state index is 0.0431. The van der Waals surface area contributed by atoms with Crippen molar-refractivity contribution in [2.45, 2.75) is 52.5 Å². The van der Waals surface area contributed by atoms with E-state index in [4.69, 9.17) is 4.74 Å². The van der Waals surface area contributed by atoms with Crippen LogP contribution in [-0.4, -0.2) is 48.1 Å². The van der Waals surface area contributed by atoms with Gasteiger partial charge in [0.25, 0.3) is 5.91 Å². The molecule has 1 fully saturated rings. The highest BCUT2D eigenvalue weighted by Gasteiger charge is 2.25. The second-order valence-corrected chi connectivity index (χ2v) is 8.47. The number of nitrogens with one attached hydrogen (secondary N) is 2. The van der Waals surface area contributed by atoms with E-state index in [1.807, 2.05) is 32.0 Å². The second kappa shape index (κ2) is 10.4. The molecule has 0 spiro atoms. The SMILES string of the molecule is CC(C)[C@H](NC(=O)c1ccccc1)C(=O)NCc1ccc(N2C[C@@H](C)O[C@H](C)C2)nc1. The molecule has 166 valence electrons. The minimum Gasteiger partial charge on any atom is -0.372 e. The number of aromatic nitrogens is 1. The van der Waals surface area contributed by atoms with Gasteiger partial charge in [0.2, 0.25) is 5.91 Å². The van der Waals surface area contributed by atoms with Crippen molar-refractivity contribution in [2.24, 2.45) is 5.92 Å². The molecule has 7 heteroatoms. The summed E-state index contributed by atoms with van der Waals surface area (Å²) in [6.07, 6.45) is 2.13. The number of benzene rings is 1. The summed E-state index contributed by atoms with van der Waals surface area (Å²) in [6, 6.07) is 12.2. The van der Waals surface area contributed by atoms with Gasteiger partial charge in [0.15, 0.2) is 0 Å². The summed E-state index contributed by atoms with van der Waals surface area (Å²) in [5.74, 6) is 0.402. The van der Waals surface area contributed by atoms with Crippen LogP contribution < -0.4 is 15.5 Å². The van der Waals surface area contributed by atoms with E-state index in [0.717, 1.165) is 24.5 Å². The molecule has 2 amide bonds. The predicted molar refractivity (Wildman–Crippen MR) is 121 cm³/mol. The average Bonchev–Trinajstić information content (AvgIpc) is 2.75. The fraction of sp³-hybridized carbons (Fsp3) is 0.458. The third-order valence-corrected chi connectivity index (χ3v) is 5.29. The van der Waals surface area contributed by atoms with Crippen molar-refractivity contribution in [3.63, 3.8) is 0 Å². The molecule has 0 bridgehead atoms. The van der Waals surface area contributed by atoms with E-state index in [2.05, 4.69) is 34.4 Å². The van der Waals surface area contributed by atoms with Crippen LogP contribution in [0.2, 0.25) is 0 Å². The van der Waals surface area contributed by atoms with Crippen molar-refractivity contribution in [1.29, 1.82) is 0 Å². The Balaban J connectivity index is 1.56. The first-order valence-corrected chi connectivity index (χ1v) is 10.8. The Morgan fingerprint density at radius 3 is 2.35 bits per heavy atom. The van der Waals surface area contributed by atoms with Gasteiger partial charge in [-0.25, -0.2) is 4.98 Å². The van der Waals surface area contributed by atoms with E-state index >= 15 is 0 Å². The van der Waals surface area contributed by atoms with Crippen LogP contribution in [0.3, 0.4) is 0 Å². The molecule has 2 heterocycles. The topological polar surface area (TPSA) is 83.6 Å². The first-order valence-electron chi connectivity index (χ1n) is 10.8. The van der Waals surface area contributed by atoms with Gasteiger partial charge < -0.3 is 20.3 Å². The van der Waals surface area contributed by atoms with Gasteiger partial charge in [-0.15, -0.1) is 0 Å². The summed E-state index contributed by atoms with van der Waals surface area (Å²) >= 11 is 0. The number of rotatable bonds is 7. The van der Waals surface area contributed by atoms with Gasteiger partial charge in [0.05, 0.1) is 12.2 Å². The van der Waals surface area contributed by atoms with Crippen LogP contribution in [0.4, 0.5) is 5.82 Å². The van der Waals surface area contributed by atoms with Crippen LogP contribution in [0.5, 0.6) is 0 Å². The number of morpholine rings is 1. The quantitative estimate of drug-likeness (QED) is 0.714. The zero-order valence-corrected chi connectivity index (χ0v) is 18.7. The number of carbonyl (C=O) groups is 2. The first-order chi connectivity index (χ1) is 14.8. The molecule has 31 heavy (non-hydrogen) atoms. The highest BCUT2D eigenvalue weighted by Crippen LogP contribution is 2.18. The summed E-state index contributed by atoms with van der Waals surface area (Å²) in [5, 5.41) is 5.77. The lowest BCUT2D eigenvalue weighted by Gasteiger charge is -2.36. The Labute approximate surface area is 184 Å². The molecule has 2 aromatic rings. The van der Waals surface area contributed by atoms with Gasteiger partial charge in [0, 0.05) is 31.4 Å². The Kier molecular flexibility index (Phi) is 7.63. The normalized spacial score (nSPS) is 19.7. The highest BCUT2D eigenvalue weighted by molar-refractivity contribution is 5.97. The lowest BCUT2D eigenvalue weighted by Crippen LogP contribution is -2.49. The van der Waals surface area contributed by atoms with E-state index in [-0.39, 0.29) is 29.9 Å². The molecule has 3 atom stereocenters. The predicted octanol–water partition coefficient (Wildman–Crippen LogP) is 2.77. The van der Waals surface area contributed by atoms with Crippen molar-refractivity contribution in [2.75, 3.05) is 18.0 Å².